The van der Waals surface area contributed by atoms with Crippen molar-refractivity contribution in [1.29, 1.82) is 0 Å². The molecule has 3 N–H and O–H groups in total. The predicted molar refractivity (Wildman–Crippen MR) is 15.7 cm³/mol. The molecule has 0 heterocycles. The zero-order valence-corrected chi connectivity index (χ0v) is 4.91. The van der Waals surface area contributed by atoms with Crippen molar-refractivity contribution in [1.82, 2.24) is 0 Å². The van der Waals surface area contributed by atoms with Crippen molar-refractivity contribution < 1.29 is 31.5 Å². The molecule has 0 bridgehead atoms. The van der Waals surface area contributed by atoms with E-state index in [-0.39, 0.29) is 18.6 Å². The summed E-state index contributed by atoms with van der Waals surface area (Å²) < 4.78 is 25.2. The van der Waals surface area contributed by atoms with Crippen LogP contribution in [0.3, 0.4) is 0 Å². The van der Waals surface area contributed by atoms with Crippen LogP contribution in [0.25, 0.3) is 0 Å². The molecule has 1 radical (unpaired) electrons. The molecule has 0 aromatic carbocycles. The monoisotopic (exact) mass is 148 g/mol. The Kier molecular flexibility index (Phi) is 4.19. The summed E-state index contributed by atoms with van der Waals surface area (Å²) in [4.78, 5) is 0. The summed E-state index contributed by atoms with van der Waals surface area (Å²) in [7, 11) is -4.17. The van der Waals surface area contributed by atoms with E-state index in [1.807, 2.05) is 0 Å². The van der Waals surface area contributed by atoms with E-state index < -0.39 is 10.3 Å². The molecule has 0 aromatic heterocycles. The Morgan fingerprint density at radius 3 is 1.50 bits per heavy atom. The van der Waals surface area contributed by atoms with Crippen LogP contribution >= 0.6 is 0 Å². The molecular formula is H3NO3SV. The van der Waals surface area contributed by atoms with Crippen molar-refractivity contribution in [2.75, 3.05) is 0 Å². The number of rotatable bonds is 0. The Labute approximate surface area is 47.5 Å². The van der Waals surface area contributed by atoms with Crippen LogP contribution in [0.2, 0.25) is 0 Å². The normalized spacial score (nSPS) is 9.67. The molecule has 37 valence electrons. The molecule has 0 rings (SSSR count). The van der Waals surface area contributed by atoms with Crippen molar-refractivity contribution in [2.24, 2.45) is 5.14 Å². The molecule has 6 heavy (non-hydrogen) atoms. The largest absolute Gasteiger partial charge is 0.330 e. The molecule has 0 unspecified atom stereocenters. The Bertz CT molecular complexity index is 94.0. The minimum atomic E-state index is -4.17. The van der Waals surface area contributed by atoms with Gasteiger partial charge >= 0.3 is 10.3 Å². The van der Waals surface area contributed by atoms with E-state index in [9.17, 15) is 0 Å². The third kappa shape index (κ3) is 257. The van der Waals surface area contributed by atoms with Gasteiger partial charge in [0.05, 0.1) is 0 Å². The molecule has 0 spiro atoms. The fraction of sp³-hybridized carbons (Fsp3) is 0. The molecule has 0 aliphatic heterocycles. The molecule has 0 saturated carbocycles. The van der Waals surface area contributed by atoms with E-state index in [2.05, 4.69) is 5.14 Å². The van der Waals surface area contributed by atoms with Crippen molar-refractivity contribution >= 4 is 10.3 Å². The molecule has 0 fully saturated rings. The van der Waals surface area contributed by atoms with Gasteiger partial charge in [0, 0.05) is 18.6 Å². The predicted octanol–water partition coefficient (Wildman–Crippen LogP) is -1.25. The first-order chi connectivity index (χ1) is 2.00. The van der Waals surface area contributed by atoms with Crippen LogP contribution in [0.5, 0.6) is 0 Å². The van der Waals surface area contributed by atoms with Gasteiger partial charge in [0.2, 0.25) is 0 Å². The van der Waals surface area contributed by atoms with Crippen LogP contribution < -0.4 is 5.14 Å². The quantitative estimate of drug-likeness (QED) is 0.421. The number of hydrogen-bond donors (Lipinski definition) is 2. The summed E-state index contributed by atoms with van der Waals surface area (Å²) >= 11 is 0. The maximum Gasteiger partial charge on any atom is 0.330 e. The van der Waals surface area contributed by atoms with Gasteiger partial charge in [0.1, 0.15) is 0 Å². The first-order valence-corrected chi connectivity index (χ1v) is 2.25. The van der Waals surface area contributed by atoms with E-state index in [0.29, 0.717) is 0 Å². The minimum Gasteiger partial charge on any atom is -0.274 e. The average molecular weight is 148 g/mol. The molecule has 0 atom stereocenters. The van der Waals surface area contributed by atoms with Crippen LogP contribution in [-0.4, -0.2) is 13.0 Å². The second-order valence-electron chi connectivity index (χ2n) is 0.515. The second kappa shape index (κ2) is 2.60. The summed E-state index contributed by atoms with van der Waals surface area (Å²) in [6.07, 6.45) is 0. The summed E-state index contributed by atoms with van der Waals surface area (Å²) in [6, 6.07) is 0. The maximum atomic E-state index is 8.97. The zero-order valence-electron chi connectivity index (χ0n) is 2.70. The Morgan fingerprint density at radius 1 is 1.50 bits per heavy atom. The molecule has 0 saturated heterocycles. The second-order valence-corrected chi connectivity index (χ2v) is 1.54. The van der Waals surface area contributed by atoms with Crippen molar-refractivity contribution in [3.8, 4) is 0 Å². The van der Waals surface area contributed by atoms with Crippen LogP contribution in [0.4, 0.5) is 0 Å². The van der Waals surface area contributed by atoms with Crippen molar-refractivity contribution in [3.63, 3.8) is 0 Å². The van der Waals surface area contributed by atoms with Gasteiger partial charge in [-0.3, -0.25) is 4.55 Å². The molecule has 6 heteroatoms. The summed E-state index contributed by atoms with van der Waals surface area (Å²) in [5.41, 5.74) is 0. The third-order valence-corrected chi connectivity index (χ3v) is 0. The van der Waals surface area contributed by atoms with E-state index in [1.54, 1.807) is 0 Å². The first kappa shape index (κ1) is 9.68. The Hall–Kier alpha value is 0.454. The van der Waals surface area contributed by atoms with Crippen LogP contribution in [0.1, 0.15) is 0 Å². The van der Waals surface area contributed by atoms with Gasteiger partial charge in [0.25, 0.3) is 0 Å². The average Bonchev–Trinajstić information content (AvgIpc) is 0.722. The molecule has 0 amide bonds. The number of hydrogen-bond acceptors (Lipinski definition) is 2. The van der Waals surface area contributed by atoms with Gasteiger partial charge in [-0.15, -0.1) is 0 Å². The van der Waals surface area contributed by atoms with Gasteiger partial charge < -0.3 is 0 Å². The molecule has 4 nitrogen and oxygen atoms in total. The van der Waals surface area contributed by atoms with E-state index in [0.717, 1.165) is 0 Å². The molecular weight excluding hydrogens is 145 g/mol. The van der Waals surface area contributed by atoms with E-state index in [4.69, 9.17) is 13.0 Å². The van der Waals surface area contributed by atoms with Crippen LogP contribution in [0, 0.1) is 0 Å². The molecule has 0 aliphatic carbocycles. The molecule has 0 aliphatic rings. The van der Waals surface area contributed by atoms with Gasteiger partial charge in [-0.25, -0.2) is 5.14 Å². The summed E-state index contributed by atoms with van der Waals surface area (Å²) in [5, 5.41) is 3.88. The fourth-order valence-electron chi connectivity index (χ4n) is 0. The van der Waals surface area contributed by atoms with Crippen molar-refractivity contribution in [2.45, 2.75) is 0 Å². The van der Waals surface area contributed by atoms with Gasteiger partial charge in [0.15, 0.2) is 0 Å². The minimum absolute atomic E-state index is 0. The topological polar surface area (TPSA) is 80.4 Å². The zero-order chi connectivity index (χ0) is 4.50. The van der Waals surface area contributed by atoms with E-state index in [1.165, 1.54) is 0 Å². The Balaban J connectivity index is 0. The van der Waals surface area contributed by atoms with Gasteiger partial charge in [-0.2, -0.15) is 8.42 Å². The first-order valence-electron chi connectivity index (χ1n) is 0.752. The summed E-state index contributed by atoms with van der Waals surface area (Å²) in [5.74, 6) is 0. The van der Waals surface area contributed by atoms with Crippen LogP contribution in [0.15, 0.2) is 0 Å². The fourth-order valence-corrected chi connectivity index (χ4v) is 0. The Morgan fingerprint density at radius 2 is 1.50 bits per heavy atom. The number of nitrogens with two attached hydrogens (primary N) is 1. The smallest absolute Gasteiger partial charge is 0.274 e. The van der Waals surface area contributed by atoms with Gasteiger partial charge in [-0.1, -0.05) is 0 Å². The van der Waals surface area contributed by atoms with Crippen LogP contribution in [-0.2, 0) is 28.9 Å². The third-order valence-electron chi connectivity index (χ3n) is 0. The standard InChI is InChI=1S/H3NO3S.V/c1-5(2,3)4;/h(H3,1,2,3,4);. The van der Waals surface area contributed by atoms with Crippen molar-refractivity contribution in [3.05, 3.63) is 0 Å². The maximum absolute atomic E-state index is 8.97. The SMILES string of the molecule is NS(=O)(=O)O.[V]. The van der Waals surface area contributed by atoms with Gasteiger partial charge in [-0.05, 0) is 0 Å². The summed E-state index contributed by atoms with van der Waals surface area (Å²) in [6.45, 7) is 0. The van der Waals surface area contributed by atoms with E-state index >= 15 is 0 Å². The molecule has 0 aromatic rings.